The van der Waals surface area contributed by atoms with E-state index in [2.05, 4.69) is 22.0 Å². The molecule has 0 radical (unpaired) electrons. The normalized spacial score (nSPS) is 18.8. The van der Waals surface area contributed by atoms with E-state index >= 15 is 0 Å². The van der Waals surface area contributed by atoms with E-state index in [-0.39, 0.29) is 11.9 Å². The third-order valence-electron chi connectivity index (χ3n) is 3.30. The molecule has 1 unspecified atom stereocenters. The molecular weight excluding hydrogens is 283 g/mol. The molecule has 0 N–H and O–H groups in total. The molecular formula is C13H14BrFN2. The number of benzene rings is 1. The quantitative estimate of drug-likeness (QED) is 0.854. The van der Waals surface area contributed by atoms with Gasteiger partial charge in [-0.15, -0.1) is 0 Å². The van der Waals surface area contributed by atoms with E-state index in [1.54, 1.807) is 12.1 Å². The minimum absolute atomic E-state index is 0.176. The minimum Gasteiger partial charge on any atom is -0.301 e. The van der Waals surface area contributed by atoms with Crippen molar-refractivity contribution >= 4 is 15.9 Å². The molecule has 0 spiro atoms. The van der Waals surface area contributed by atoms with E-state index in [9.17, 15) is 9.65 Å². The molecule has 1 aliphatic rings. The molecule has 0 amide bonds. The van der Waals surface area contributed by atoms with Crippen LogP contribution in [-0.4, -0.2) is 19.0 Å². The summed E-state index contributed by atoms with van der Waals surface area (Å²) in [7, 11) is 3.78. The van der Waals surface area contributed by atoms with Crippen LogP contribution in [0.1, 0.15) is 24.4 Å². The smallest absolute Gasteiger partial charge is 0.128 e. The number of rotatable bonds is 3. The van der Waals surface area contributed by atoms with Crippen molar-refractivity contribution in [3.05, 3.63) is 34.1 Å². The Bertz CT molecular complexity index is 475. The Labute approximate surface area is 109 Å². The van der Waals surface area contributed by atoms with Gasteiger partial charge < -0.3 is 4.90 Å². The van der Waals surface area contributed by atoms with Crippen LogP contribution in [0.5, 0.6) is 0 Å². The molecule has 0 heterocycles. The Balaban J connectivity index is 2.48. The lowest BCUT2D eigenvalue weighted by Crippen LogP contribution is -2.28. The van der Waals surface area contributed by atoms with Crippen LogP contribution in [0, 0.1) is 22.6 Å². The highest BCUT2D eigenvalue weighted by molar-refractivity contribution is 9.10. The zero-order valence-electron chi connectivity index (χ0n) is 9.87. The second-order valence-corrected chi connectivity index (χ2v) is 5.72. The van der Waals surface area contributed by atoms with Gasteiger partial charge in [0.05, 0.1) is 17.5 Å². The molecule has 90 valence electrons. The van der Waals surface area contributed by atoms with Crippen LogP contribution in [0.15, 0.2) is 22.7 Å². The first-order valence-corrected chi connectivity index (χ1v) is 6.32. The summed E-state index contributed by atoms with van der Waals surface area (Å²) in [6.45, 7) is 0. The van der Waals surface area contributed by atoms with Gasteiger partial charge in [-0.3, -0.25) is 0 Å². The fraction of sp³-hybridized carbons (Fsp3) is 0.462. The SMILES string of the molecule is CN(C)C(c1cc(Br)ccc1F)C1(C#N)CC1. The third-order valence-corrected chi connectivity index (χ3v) is 3.80. The Morgan fingerprint density at radius 3 is 2.59 bits per heavy atom. The van der Waals surface area contributed by atoms with Gasteiger partial charge in [-0.2, -0.15) is 5.26 Å². The highest BCUT2D eigenvalue weighted by Crippen LogP contribution is 2.56. The van der Waals surface area contributed by atoms with Crippen molar-refractivity contribution in [1.82, 2.24) is 4.90 Å². The highest BCUT2D eigenvalue weighted by atomic mass is 79.9. The van der Waals surface area contributed by atoms with Crippen LogP contribution < -0.4 is 0 Å². The van der Waals surface area contributed by atoms with Crippen molar-refractivity contribution in [2.24, 2.45) is 5.41 Å². The van der Waals surface area contributed by atoms with Crippen molar-refractivity contribution in [2.45, 2.75) is 18.9 Å². The number of hydrogen-bond acceptors (Lipinski definition) is 2. The van der Waals surface area contributed by atoms with Crippen LogP contribution >= 0.6 is 15.9 Å². The largest absolute Gasteiger partial charge is 0.301 e. The topological polar surface area (TPSA) is 27.0 Å². The second kappa shape index (κ2) is 4.40. The standard InChI is InChI=1S/C13H14BrFN2/c1-17(2)12(13(8-16)5-6-13)10-7-9(14)3-4-11(10)15/h3-4,7,12H,5-6H2,1-2H3. The molecule has 1 aromatic carbocycles. The lowest BCUT2D eigenvalue weighted by atomic mass is 9.90. The maximum Gasteiger partial charge on any atom is 0.128 e. The zero-order chi connectivity index (χ0) is 12.6. The van der Waals surface area contributed by atoms with Crippen LogP contribution in [0.3, 0.4) is 0 Å². The van der Waals surface area contributed by atoms with Gasteiger partial charge in [0.15, 0.2) is 0 Å². The van der Waals surface area contributed by atoms with Gasteiger partial charge in [0.2, 0.25) is 0 Å². The van der Waals surface area contributed by atoms with Gasteiger partial charge in [0.1, 0.15) is 5.82 Å². The van der Waals surface area contributed by atoms with E-state index in [4.69, 9.17) is 0 Å². The van der Waals surface area contributed by atoms with E-state index in [0.29, 0.717) is 5.56 Å². The predicted molar refractivity (Wildman–Crippen MR) is 67.8 cm³/mol. The lowest BCUT2D eigenvalue weighted by Gasteiger charge is -2.29. The first-order valence-electron chi connectivity index (χ1n) is 5.53. The van der Waals surface area contributed by atoms with Gasteiger partial charge in [0.25, 0.3) is 0 Å². The number of hydrogen-bond donors (Lipinski definition) is 0. The summed E-state index contributed by atoms with van der Waals surface area (Å²) in [5.74, 6) is -0.242. The van der Waals surface area contributed by atoms with E-state index in [0.717, 1.165) is 17.3 Å². The number of halogens is 2. The Morgan fingerprint density at radius 1 is 1.47 bits per heavy atom. The number of nitrogens with zero attached hydrogens (tertiary/aromatic N) is 2. The van der Waals surface area contributed by atoms with Crippen LogP contribution in [0.4, 0.5) is 4.39 Å². The fourth-order valence-electron chi connectivity index (χ4n) is 2.38. The summed E-state index contributed by atoms with van der Waals surface area (Å²) in [5, 5.41) is 9.29. The Morgan fingerprint density at radius 2 is 2.12 bits per heavy atom. The molecule has 0 aromatic heterocycles. The third kappa shape index (κ3) is 2.22. The molecule has 0 saturated heterocycles. The molecule has 1 atom stereocenters. The first kappa shape index (κ1) is 12.5. The average Bonchev–Trinajstić information content (AvgIpc) is 3.04. The molecule has 4 heteroatoms. The van der Waals surface area contributed by atoms with E-state index < -0.39 is 5.41 Å². The predicted octanol–water partition coefficient (Wildman–Crippen LogP) is 3.49. The number of nitriles is 1. The van der Waals surface area contributed by atoms with E-state index in [1.807, 2.05) is 19.0 Å². The first-order chi connectivity index (χ1) is 8.00. The lowest BCUT2D eigenvalue weighted by molar-refractivity contribution is 0.226. The summed E-state index contributed by atoms with van der Waals surface area (Å²) >= 11 is 3.35. The van der Waals surface area contributed by atoms with Crippen LogP contribution in [0.2, 0.25) is 0 Å². The summed E-state index contributed by atoms with van der Waals surface area (Å²) in [4.78, 5) is 1.93. The van der Waals surface area contributed by atoms with Crippen molar-refractivity contribution < 1.29 is 4.39 Å². The van der Waals surface area contributed by atoms with Crippen molar-refractivity contribution in [3.8, 4) is 6.07 Å². The minimum atomic E-state index is -0.412. The van der Waals surface area contributed by atoms with Crippen molar-refractivity contribution in [3.63, 3.8) is 0 Å². The fourth-order valence-corrected chi connectivity index (χ4v) is 2.75. The monoisotopic (exact) mass is 296 g/mol. The van der Waals surface area contributed by atoms with Crippen molar-refractivity contribution in [2.75, 3.05) is 14.1 Å². The van der Waals surface area contributed by atoms with Crippen LogP contribution in [-0.2, 0) is 0 Å². The summed E-state index contributed by atoms with van der Waals surface area (Å²) in [5.41, 5.74) is 0.189. The molecule has 0 aliphatic heterocycles. The van der Waals surface area contributed by atoms with Gasteiger partial charge in [-0.25, -0.2) is 4.39 Å². The van der Waals surface area contributed by atoms with Gasteiger partial charge in [0, 0.05) is 10.0 Å². The van der Waals surface area contributed by atoms with Gasteiger partial charge >= 0.3 is 0 Å². The average molecular weight is 297 g/mol. The molecule has 2 rings (SSSR count). The molecule has 0 bridgehead atoms. The summed E-state index contributed by atoms with van der Waals surface area (Å²) < 4.78 is 14.8. The van der Waals surface area contributed by atoms with Gasteiger partial charge in [-0.1, -0.05) is 15.9 Å². The maximum absolute atomic E-state index is 13.9. The Hall–Kier alpha value is -0.920. The van der Waals surface area contributed by atoms with Crippen LogP contribution in [0.25, 0.3) is 0 Å². The molecule has 1 saturated carbocycles. The van der Waals surface area contributed by atoms with Gasteiger partial charge in [-0.05, 0) is 45.1 Å². The molecule has 2 nitrogen and oxygen atoms in total. The molecule has 17 heavy (non-hydrogen) atoms. The Kier molecular flexibility index (Phi) is 3.24. The second-order valence-electron chi connectivity index (χ2n) is 4.80. The molecule has 1 fully saturated rings. The molecule has 1 aliphatic carbocycles. The highest BCUT2D eigenvalue weighted by Gasteiger charge is 2.52. The maximum atomic E-state index is 13.9. The zero-order valence-corrected chi connectivity index (χ0v) is 11.5. The van der Waals surface area contributed by atoms with Crippen molar-refractivity contribution in [1.29, 1.82) is 5.26 Å². The van der Waals surface area contributed by atoms with E-state index in [1.165, 1.54) is 6.07 Å². The summed E-state index contributed by atoms with van der Waals surface area (Å²) in [6.07, 6.45) is 1.69. The molecule has 1 aromatic rings. The summed E-state index contributed by atoms with van der Waals surface area (Å²) in [6, 6.07) is 7.08.